The normalized spacial score (nSPS) is 15.8. The lowest BCUT2D eigenvalue weighted by molar-refractivity contribution is 0.101. The van der Waals surface area contributed by atoms with Crippen LogP contribution in [0.5, 0.6) is 0 Å². The molecule has 0 amide bonds. The van der Waals surface area contributed by atoms with Gasteiger partial charge in [-0.05, 0) is 48.5 Å². The zero-order chi connectivity index (χ0) is 25.5. The summed E-state index contributed by atoms with van der Waals surface area (Å²) in [4.78, 5) is 51.9. The van der Waals surface area contributed by atoms with Crippen molar-refractivity contribution in [2.45, 2.75) is 0 Å². The third-order valence-corrected chi connectivity index (χ3v) is 9.80. The molecule has 0 atom stereocenters. The molecule has 2 aromatic heterocycles. The van der Waals surface area contributed by atoms with Crippen molar-refractivity contribution in [3.63, 3.8) is 0 Å². The van der Waals surface area contributed by atoms with Gasteiger partial charge in [0.05, 0.1) is 31.2 Å². The minimum Gasteiger partial charge on any atom is -0.288 e. The first kappa shape index (κ1) is 23.8. The van der Waals surface area contributed by atoms with Gasteiger partial charge in [-0.2, -0.15) is 0 Å². The van der Waals surface area contributed by atoms with Gasteiger partial charge in [-0.3, -0.25) is 19.2 Å². The molecule has 0 bridgehead atoms. The molecular weight excluding hydrogens is 582 g/mol. The Morgan fingerprint density at radius 3 is 0.944 bits per heavy atom. The van der Waals surface area contributed by atoms with Gasteiger partial charge in [0, 0.05) is 40.4 Å². The molecule has 2 aliphatic rings. The summed E-state index contributed by atoms with van der Waals surface area (Å²) >= 11 is 26.7. The lowest BCUT2D eigenvalue weighted by atomic mass is 10.1. The number of ketones is 4. The van der Waals surface area contributed by atoms with Crippen LogP contribution in [0.2, 0.25) is 20.1 Å². The standard InChI is InChI=1S/C26H8Cl4O4S2/c27-13-5-9-10(6-14(13)28)24(32)21(23(9)31)19-3-1-17(35-19)18-2-4-20(36-18)22-25(33)11-7-15(29)16(30)8-12(11)26(22)34/h1-8H/b18-17+. The number of rotatable bonds is 0. The maximum Gasteiger partial charge on any atom is 0.199 e. The Bertz CT molecular complexity index is 1740. The summed E-state index contributed by atoms with van der Waals surface area (Å²) in [6.07, 6.45) is 0. The molecule has 0 aliphatic heterocycles. The summed E-state index contributed by atoms with van der Waals surface area (Å²) in [7, 11) is 0. The second-order valence-electron chi connectivity index (χ2n) is 8.02. The van der Waals surface area contributed by atoms with E-state index in [9.17, 15) is 19.2 Å². The van der Waals surface area contributed by atoms with Gasteiger partial charge < -0.3 is 0 Å². The number of carbonyl (C=O) groups excluding carboxylic acids is 4. The maximum atomic E-state index is 13.0. The van der Waals surface area contributed by atoms with Crippen LogP contribution < -0.4 is 9.06 Å². The molecule has 4 nitrogen and oxygen atoms in total. The van der Waals surface area contributed by atoms with Crippen LogP contribution >= 0.6 is 69.1 Å². The van der Waals surface area contributed by atoms with Crippen LogP contribution in [0.3, 0.4) is 0 Å². The molecule has 176 valence electrons. The molecule has 0 fully saturated rings. The van der Waals surface area contributed by atoms with Crippen LogP contribution in [0.4, 0.5) is 0 Å². The highest BCUT2D eigenvalue weighted by Gasteiger charge is 2.36. The average molecular weight is 590 g/mol. The van der Waals surface area contributed by atoms with Gasteiger partial charge >= 0.3 is 0 Å². The molecule has 0 unspecified atom stereocenters. The molecule has 0 N–H and O–H groups in total. The number of Topliss-reactive ketones (excluding diaryl/α,β-unsaturated/α-hetero) is 4. The molecule has 0 saturated carbocycles. The second-order valence-corrected chi connectivity index (χ2v) is 11.8. The Balaban J connectivity index is 1.51. The van der Waals surface area contributed by atoms with Gasteiger partial charge in [0.2, 0.25) is 0 Å². The zero-order valence-electron chi connectivity index (χ0n) is 17.6. The summed E-state index contributed by atoms with van der Waals surface area (Å²) in [5.41, 5.74) is 1.05. The monoisotopic (exact) mass is 588 g/mol. The highest BCUT2D eigenvalue weighted by molar-refractivity contribution is 7.12. The molecular formula is C26H8Cl4O4S2. The Morgan fingerprint density at radius 1 is 0.417 bits per heavy atom. The summed E-state index contributed by atoms with van der Waals surface area (Å²) < 4.78 is 2.58. The van der Waals surface area contributed by atoms with Crippen molar-refractivity contribution in [2.75, 3.05) is 0 Å². The number of hydrogen-bond donors (Lipinski definition) is 0. The van der Waals surface area contributed by atoms with Crippen LogP contribution in [-0.2, 0) is 0 Å². The SMILES string of the molecule is O=C1C(=c2cc/c(=c3/ccc(=C4C(=O)c5cc(Cl)c(Cl)cc5C4=O)s3)s2)C(=O)c2cc(Cl)c(Cl)cc21. The van der Waals surface area contributed by atoms with Crippen molar-refractivity contribution in [1.82, 2.24) is 0 Å². The van der Waals surface area contributed by atoms with Crippen LogP contribution in [-0.4, -0.2) is 23.1 Å². The number of halogens is 4. The largest absolute Gasteiger partial charge is 0.288 e. The summed E-state index contributed by atoms with van der Waals surface area (Å²) in [5, 5.41) is 0.819. The third-order valence-electron chi connectivity index (χ3n) is 5.96. The van der Waals surface area contributed by atoms with E-state index in [0.29, 0.717) is 9.06 Å². The van der Waals surface area contributed by atoms with E-state index in [1.807, 2.05) is 0 Å². The first-order valence-electron chi connectivity index (χ1n) is 10.3. The quantitative estimate of drug-likeness (QED) is 0.246. The van der Waals surface area contributed by atoms with Gasteiger partial charge in [0.25, 0.3) is 0 Å². The van der Waals surface area contributed by atoms with Gasteiger partial charge in [-0.25, -0.2) is 0 Å². The highest BCUT2D eigenvalue weighted by atomic mass is 35.5. The molecule has 6 rings (SSSR count). The predicted molar refractivity (Wildman–Crippen MR) is 143 cm³/mol. The molecule has 0 radical (unpaired) electrons. The molecule has 4 aromatic rings. The van der Waals surface area contributed by atoms with E-state index in [0.717, 1.165) is 9.06 Å². The first-order valence-corrected chi connectivity index (χ1v) is 13.4. The lowest BCUT2D eigenvalue weighted by Crippen LogP contribution is -2.10. The van der Waals surface area contributed by atoms with Crippen molar-refractivity contribution in [3.05, 3.63) is 109 Å². The van der Waals surface area contributed by atoms with Gasteiger partial charge in [-0.15, -0.1) is 22.7 Å². The van der Waals surface area contributed by atoms with E-state index >= 15 is 0 Å². The summed E-state index contributed by atoms with van der Waals surface area (Å²) in [5.74, 6) is -1.61. The molecule has 10 heteroatoms. The Hall–Kier alpha value is -2.58. The number of carbonyl (C=O) groups is 4. The molecule has 36 heavy (non-hydrogen) atoms. The number of benzene rings is 2. The fourth-order valence-electron chi connectivity index (χ4n) is 4.25. The van der Waals surface area contributed by atoms with Gasteiger partial charge in [0.15, 0.2) is 23.1 Å². The fourth-order valence-corrected chi connectivity index (χ4v) is 7.08. The smallest absolute Gasteiger partial charge is 0.199 e. The third kappa shape index (κ3) is 3.48. The highest BCUT2D eigenvalue weighted by Crippen LogP contribution is 2.35. The second kappa shape index (κ2) is 8.48. The van der Waals surface area contributed by atoms with Crippen LogP contribution in [0, 0.1) is 9.06 Å². The average Bonchev–Trinajstić information content (AvgIpc) is 3.59. The topological polar surface area (TPSA) is 68.3 Å². The van der Waals surface area contributed by atoms with E-state index in [4.69, 9.17) is 46.4 Å². The number of fused-ring (bicyclic) bond motifs is 2. The van der Waals surface area contributed by atoms with E-state index in [1.54, 1.807) is 24.3 Å². The maximum absolute atomic E-state index is 13.0. The van der Waals surface area contributed by atoms with Crippen molar-refractivity contribution < 1.29 is 19.2 Å². The van der Waals surface area contributed by atoms with Crippen molar-refractivity contribution >= 4 is 103 Å². The Labute approximate surface area is 230 Å². The predicted octanol–water partition coefficient (Wildman–Crippen LogP) is 6.17. The Kier molecular flexibility index (Phi) is 5.61. The van der Waals surface area contributed by atoms with Crippen LogP contribution in [0.25, 0.3) is 11.1 Å². The fraction of sp³-hybridized carbons (Fsp3) is 0. The van der Waals surface area contributed by atoms with Gasteiger partial charge in [-0.1, -0.05) is 46.4 Å². The summed E-state index contributed by atoms with van der Waals surface area (Å²) in [6, 6.07) is 12.7. The van der Waals surface area contributed by atoms with Gasteiger partial charge in [0.1, 0.15) is 0 Å². The molecule has 0 saturated heterocycles. The molecule has 2 heterocycles. The van der Waals surface area contributed by atoms with Crippen molar-refractivity contribution in [2.24, 2.45) is 0 Å². The minimum absolute atomic E-state index is 0.0658. The Morgan fingerprint density at radius 2 is 0.667 bits per heavy atom. The van der Waals surface area contributed by atoms with Crippen LogP contribution in [0.15, 0.2) is 48.5 Å². The van der Waals surface area contributed by atoms with Crippen molar-refractivity contribution in [1.29, 1.82) is 0 Å². The van der Waals surface area contributed by atoms with E-state index in [1.165, 1.54) is 46.9 Å². The molecule has 2 aromatic carbocycles. The summed E-state index contributed by atoms with van der Waals surface area (Å²) in [6.45, 7) is 0. The van der Waals surface area contributed by atoms with Crippen molar-refractivity contribution in [3.8, 4) is 0 Å². The molecule has 0 spiro atoms. The van der Waals surface area contributed by atoms with Crippen LogP contribution in [0.1, 0.15) is 41.4 Å². The van der Waals surface area contributed by atoms with E-state index in [-0.39, 0.29) is 53.5 Å². The zero-order valence-corrected chi connectivity index (χ0v) is 22.2. The van der Waals surface area contributed by atoms with E-state index in [2.05, 4.69) is 0 Å². The minimum atomic E-state index is -0.401. The molecule has 2 aliphatic carbocycles. The first-order chi connectivity index (χ1) is 17.2. The number of hydrogen-bond acceptors (Lipinski definition) is 6. The lowest BCUT2D eigenvalue weighted by Gasteiger charge is -1.98. The van der Waals surface area contributed by atoms with E-state index < -0.39 is 23.1 Å². The number of thiophene rings is 2.